The third-order valence-corrected chi connectivity index (χ3v) is 5.12. The van der Waals surface area contributed by atoms with Gasteiger partial charge in [-0.05, 0) is 47.4 Å². The van der Waals surface area contributed by atoms with Gasteiger partial charge in [0.2, 0.25) is 5.91 Å². The molecule has 0 heterocycles. The smallest absolute Gasteiger partial charge is 0.481 e. The predicted octanol–water partition coefficient (Wildman–Crippen LogP) is 4.53. The minimum atomic E-state index is -4.85. The van der Waals surface area contributed by atoms with Gasteiger partial charge in [0.25, 0.3) is 5.91 Å². The number of hydrogen-bond donors (Lipinski definition) is 3. The highest BCUT2D eigenvalue weighted by molar-refractivity contribution is 5.98. The van der Waals surface area contributed by atoms with Crippen molar-refractivity contribution in [1.82, 2.24) is 10.6 Å². The lowest BCUT2D eigenvalue weighted by Crippen LogP contribution is -2.46. The highest BCUT2D eigenvalue weighted by Gasteiger charge is 2.31. The number of rotatable bonds is 10. The number of carboxylic acids is 1. The molecule has 0 aromatic heterocycles. The number of carbonyl (C=O) groups is 3. The lowest BCUT2D eigenvalue weighted by Gasteiger charge is -2.18. The molecule has 0 saturated heterocycles. The molecule has 36 heavy (non-hydrogen) atoms. The first-order valence-electron chi connectivity index (χ1n) is 10.9. The molecule has 0 aliphatic carbocycles. The normalized spacial score (nSPS) is 11.9. The molecule has 3 aromatic carbocycles. The molecule has 188 valence electrons. The fourth-order valence-corrected chi connectivity index (χ4v) is 3.39. The van der Waals surface area contributed by atoms with E-state index < -0.39 is 35.9 Å². The molecule has 2 amide bonds. The van der Waals surface area contributed by atoms with Crippen LogP contribution < -0.4 is 15.4 Å². The number of carboxylic acid groups (broad SMARTS) is 1. The molecule has 3 N–H and O–H groups in total. The standard InChI is InChI=1S/C26H23F3N2O5/c27-26(28,29)36-21-8-4-5-17(15-21)16-30-25(35)22(13-14-23(32)33)31-24(34)20-11-9-19(10-12-20)18-6-2-1-3-7-18/h1-12,15,22H,13-14,16H2,(H,30,35)(H,31,34)(H,32,33)/t22-/m0/s1. The van der Waals surface area contributed by atoms with Crippen LogP contribution in [0, 0.1) is 0 Å². The van der Waals surface area contributed by atoms with Gasteiger partial charge in [0, 0.05) is 18.5 Å². The Hall–Kier alpha value is -4.34. The topological polar surface area (TPSA) is 105 Å². The van der Waals surface area contributed by atoms with E-state index in [9.17, 15) is 27.6 Å². The Morgan fingerprint density at radius 1 is 0.889 bits per heavy atom. The van der Waals surface area contributed by atoms with Crippen LogP contribution in [-0.4, -0.2) is 35.3 Å². The Balaban J connectivity index is 1.65. The van der Waals surface area contributed by atoms with Crippen molar-refractivity contribution in [1.29, 1.82) is 0 Å². The monoisotopic (exact) mass is 500 g/mol. The van der Waals surface area contributed by atoms with Gasteiger partial charge in [-0.3, -0.25) is 14.4 Å². The molecule has 1 atom stereocenters. The second-order valence-electron chi connectivity index (χ2n) is 7.81. The zero-order chi connectivity index (χ0) is 26.1. The Bertz CT molecular complexity index is 1200. The van der Waals surface area contributed by atoms with Gasteiger partial charge in [0.15, 0.2) is 0 Å². The number of aliphatic carboxylic acids is 1. The van der Waals surface area contributed by atoms with Crippen LogP contribution in [-0.2, 0) is 16.1 Å². The molecule has 0 aliphatic rings. The van der Waals surface area contributed by atoms with E-state index in [2.05, 4.69) is 15.4 Å². The maximum absolute atomic E-state index is 12.7. The van der Waals surface area contributed by atoms with Crippen molar-refractivity contribution in [2.45, 2.75) is 31.8 Å². The summed E-state index contributed by atoms with van der Waals surface area (Å²) in [4.78, 5) is 36.5. The van der Waals surface area contributed by atoms with Crippen molar-refractivity contribution < 1.29 is 37.4 Å². The van der Waals surface area contributed by atoms with Crippen LogP contribution in [0.3, 0.4) is 0 Å². The first kappa shape index (κ1) is 26.3. The Morgan fingerprint density at radius 3 is 2.19 bits per heavy atom. The Kier molecular flexibility index (Phi) is 8.66. The second kappa shape index (κ2) is 11.9. The molecular formula is C26H23F3N2O5. The van der Waals surface area contributed by atoms with Crippen LogP contribution in [0.25, 0.3) is 11.1 Å². The van der Waals surface area contributed by atoms with E-state index in [-0.39, 0.29) is 24.9 Å². The van der Waals surface area contributed by atoms with Gasteiger partial charge in [-0.25, -0.2) is 0 Å². The largest absolute Gasteiger partial charge is 0.573 e. The number of nitrogens with one attached hydrogen (secondary N) is 2. The van der Waals surface area contributed by atoms with Crippen LogP contribution >= 0.6 is 0 Å². The molecule has 0 bridgehead atoms. The minimum Gasteiger partial charge on any atom is -0.481 e. The molecule has 10 heteroatoms. The molecule has 7 nitrogen and oxygen atoms in total. The maximum Gasteiger partial charge on any atom is 0.573 e. The minimum absolute atomic E-state index is 0.154. The van der Waals surface area contributed by atoms with Crippen LogP contribution in [0.15, 0.2) is 78.9 Å². The molecule has 3 rings (SSSR count). The van der Waals surface area contributed by atoms with Crippen molar-refractivity contribution in [3.05, 3.63) is 90.0 Å². The van der Waals surface area contributed by atoms with Crippen LogP contribution in [0.1, 0.15) is 28.8 Å². The molecule has 0 radical (unpaired) electrons. The van der Waals surface area contributed by atoms with E-state index in [1.165, 1.54) is 12.1 Å². The van der Waals surface area contributed by atoms with Gasteiger partial charge in [0.1, 0.15) is 11.8 Å². The van der Waals surface area contributed by atoms with Crippen LogP contribution in [0.4, 0.5) is 13.2 Å². The number of benzene rings is 3. The quantitative estimate of drug-likeness (QED) is 0.379. The van der Waals surface area contributed by atoms with E-state index in [1.807, 2.05) is 30.3 Å². The predicted molar refractivity (Wildman–Crippen MR) is 125 cm³/mol. The summed E-state index contributed by atoms with van der Waals surface area (Å²) < 4.78 is 41.2. The Morgan fingerprint density at radius 2 is 1.56 bits per heavy atom. The van der Waals surface area contributed by atoms with Gasteiger partial charge in [-0.15, -0.1) is 13.2 Å². The molecule has 0 aliphatic heterocycles. The fraction of sp³-hybridized carbons (Fsp3) is 0.192. The molecule has 3 aromatic rings. The molecule has 0 unspecified atom stereocenters. The van der Waals surface area contributed by atoms with Gasteiger partial charge >= 0.3 is 12.3 Å². The van der Waals surface area contributed by atoms with Gasteiger partial charge in [-0.1, -0.05) is 54.6 Å². The third-order valence-electron chi connectivity index (χ3n) is 5.12. The first-order valence-corrected chi connectivity index (χ1v) is 10.9. The summed E-state index contributed by atoms with van der Waals surface area (Å²) in [5.74, 6) is -2.83. The van der Waals surface area contributed by atoms with Gasteiger partial charge in [-0.2, -0.15) is 0 Å². The summed E-state index contributed by atoms with van der Waals surface area (Å²) >= 11 is 0. The van der Waals surface area contributed by atoms with E-state index in [0.29, 0.717) is 5.56 Å². The summed E-state index contributed by atoms with van der Waals surface area (Å²) in [6.07, 6.45) is -5.40. The van der Waals surface area contributed by atoms with Crippen molar-refractivity contribution in [2.24, 2.45) is 0 Å². The summed E-state index contributed by atoms with van der Waals surface area (Å²) in [6.45, 7) is -0.154. The van der Waals surface area contributed by atoms with Gasteiger partial charge < -0.3 is 20.5 Å². The lowest BCUT2D eigenvalue weighted by molar-refractivity contribution is -0.274. The second-order valence-corrected chi connectivity index (χ2v) is 7.81. The van der Waals surface area contributed by atoms with Crippen molar-refractivity contribution in [3.8, 4) is 16.9 Å². The maximum atomic E-state index is 12.7. The van der Waals surface area contributed by atoms with E-state index in [0.717, 1.165) is 23.3 Å². The number of alkyl halides is 3. The average Bonchev–Trinajstić information content (AvgIpc) is 2.84. The first-order chi connectivity index (χ1) is 17.1. The number of ether oxygens (including phenoxy) is 1. The highest BCUT2D eigenvalue weighted by atomic mass is 19.4. The summed E-state index contributed by atoms with van der Waals surface area (Å²) in [6, 6.07) is 20.1. The highest BCUT2D eigenvalue weighted by Crippen LogP contribution is 2.23. The lowest BCUT2D eigenvalue weighted by atomic mass is 10.0. The summed E-state index contributed by atoms with van der Waals surface area (Å²) in [5, 5.41) is 14.1. The van der Waals surface area contributed by atoms with Crippen molar-refractivity contribution >= 4 is 17.8 Å². The number of carbonyl (C=O) groups excluding carboxylic acids is 2. The molecule has 0 fully saturated rings. The van der Waals surface area contributed by atoms with Crippen LogP contribution in [0.2, 0.25) is 0 Å². The molecule has 0 saturated carbocycles. The molecule has 0 spiro atoms. The number of halogens is 3. The van der Waals surface area contributed by atoms with E-state index >= 15 is 0 Å². The zero-order valence-electron chi connectivity index (χ0n) is 18.9. The van der Waals surface area contributed by atoms with Gasteiger partial charge in [0.05, 0.1) is 0 Å². The molecular weight excluding hydrogens is 477 g/mol. The van der Waals surface area contributed by atoms with Crippen molar-refractivity contribution in [3.63, 3.8) is 0 Å². The summed E-state index contributed by atoms with van der Waals surface area (Å²) in [7, 11) is 0. The number of hydrogen-bond acceptors (Lipinski definition) is 4. The van der Waals surface area contributed by atoms with E-state index in [4.69, 9.17) is 5.11 Å². The average molecular weight is 500 g/mol. The van der Waals surface area contributed by atoms with Crippen LogP contribution in [0.5, 0.6) is 5.75 Å². The Labute approximate surface area is 204 Å². The SMILES string of the molecule is O=C(O)CC[C@H](NC(=O)c1ccc(-c2ccccc2)cc1)C(=O)NCc1cccc(OC(F)(F)F)c1. The zero-order valence-corrected chi connectivity index (χ0v) is 18.9. The third kappa shape index (κ3) is 8.15. The van der Waals surface area contributed by atoms with E-state index in [1.54, 1.807) is 24.3 Å². The fourth-order valence-electron chi connectivity index (χ4n) is 3.39. The number of amides is 2. The van der Waals surface area contributed by atoms with Crippen molar-refractivity contribution in [2.75, 3.05) is 0 Å². The summed E-state index contributed by atoms with van der Waals surface area (Å²) in [5.41, 5.74) is 2.46.